The summed E-state index contributed by atoms with van der Waals surface area (Å²) in [7, 11) is 0. The number of rotatable bonds is 4. The third kappa shape index (κ3) is 3.19. The molecule has 0 fully saturated rings. The predicted molar refractivity (Wildman–Crippen MR) is 107 cm³/mol. The first-order valence-electron chi connectivity index (χ1n) is 9.03. The summed E-state index contributed by atoms with van der Waals surface area (Å²) in [6.45, 7) is 6.52. The molecule has 1 aromatic carbocycles. The van der Waals surface area contributed by atoms with E-state index in [0.717, 1.165) is 0 Å². The molecule has 2 aliphatic rings. The average Bonchev–Trinajstić information content (AvgIpc) is 2.86. The van der Waals surface area contributed by atoms with Crippen molar-refractivity contribution in [3.8, 4) is 0 Å². The number of halogens is 1. The third-order valence-electron chi connectivity index (χ3n) is 4.60. The van der Waals surface area contributed by atoms with Crippen molar-refractivity contribution in [2.75, 3.05) is 11.9 Å². The normalized spacial score (nSPS) is 20.6. The highest BCUT2D eigenvalue weighted by molar-refractivity contribution is 9.10. The van der Waals surface area contributed by atoms with Gasteiger partial charge in [-0.05, 0) is 45.9 Å². The standard InChI is InChI=1S/C20H21BrN2O6/c1-5-27-17(24)15-16(22)23-13-7-6-11(21)8-12(13)20(15)14(10(4)29-19(20)26)18(25)28-9(2)3/h6-9,23H,5,22H2,1-4H3/t20-/m0/s1. The smallest absolute Gasteiger partial charge is 0.339 e. The van der Waals surface area contributed by atoms with Crippen LogP contribution in [0.15, 0.2) is 45.4 Å². The molecule has 0 amide bonds. The van der Waals surface area contributed by atoms with Gasteiger partial charge in [-0.1, -0.05) is 15.9 Å². The molecule has 3 N–H and O–H groups in total. The van der Waals surface area contributed by atoms with Gasteiger partial charge in [0.25, 0.3) is 0 Å². The van der Waals surface area contributed by atoms with E-state index < -0.39 is 29.4 Å². The van der Waals surface area contributed by atoms with Crippen LogP contribution in [0, 0.1) is 0 Å². The maximum atomic E-state index is 13.3. The minimum atomic E-state index is -1.91. The lowest BCUT2D eigenvalue weighted by molar-refractivity contribution is -0.148. The number of carbonyl (C=O) groups excluding carboxylic acids is 3. The number of esters is 3. The summed E-state index contributed by atoms with van der Waals surface area (Å²) in [5.41, 5.74) is 4.75. The molecule has 0 unspecified atom stereocenters. The topological polar surface area (TPSA) is 117 Å². The van der Waals surface area contributed by atoms with E-state index in [4.69, 9.17) is 19.9 Å². The summed E-state index contributed by atoms with van der Waals surface area (Å²) in [4.78, 5) is 39.3. The second-order valence-electron chi connectivity index (χ2n) is 6.85. The molecule has 1 spiro atoms. The van der Waals surface area contributed by atoms with E-state index >= 15 is 0 Å². The second-order valence-corrected chi connectivity index (χ2v) is 7.76. The van der Waals surface area contributed by atoms with Crippen molar-refractivity contribution in [2.24, 2.45) is 5.73 Å². The number of ether oxygens (including phenoxy) is 3. The Kier molecular flexibility index (Phi) is 5.44. The van der Waals surface area contributed by atoms with Gasteiger partial charge in [-0.15, -0.1) is 0 Å². The monoisotopic (exact) mass is 464 g/mol. The SMILES string of the molecule is CCOC(=O)C1=C(N)Nc2ccc(Br)cc2[C@@]12C(=O)OC(C)=C2C(=O)OC(C)C. The first-order chi connectivity index (χ1) is 13.6. The van der Waals surface area contributed by atoms with Crippen molar-refractivity contribution in [1.82, 2.24) is 0 Å². The van der Waals surface area contributed by atoms with Crippen molar-refractivity contribution in [1.29, 1.82) is 0 Å². The number of nitrogens with two attached hydrogens (primary N) is 1. The lowest BCUT2D eigenvalue weighted by atomic mass is 9.67. The van der Waals surface area contributed by atoms with Crippen LogP contribution >= 0.6 is 15.9 Å². The Morgan fingerprint density at radius 2 is 1.97 bits per heavy atom. The van der Waals surface area contributed by atoms with Gasteiger partial charge in [-0.2, -0.15) is 0 Å². The van der Waals surface area contributed by atoms with Crippen LogP contribution in [0.3, 0.4) is 0 Å². The summed E-state index contributed by atoms with van der Waals surface area (Å²) in [6.07, 6.45) is -0.452. The molecular formula is C20H21BrN2O6. The van der Waals surface area contributed by atoms with E-state index in [1.54, 1.807) is 39.0 Å². The van der Waals surface area contributed by atoms with Crippen molar-refractivity contribution in [3.05, 3.63) is 51.0 Å². The van der Waals surface area contributed by atoms with Crippen molar-refractivity contribution in [3.63, 3.8) is 0 Å². The number of hydrogen-bond acceptors (Lipinski definition) is 8. The summed E-state index contributed by atoms with van der Waals surface area (Å²) in [5.74, 6) is -2.48. The third-order valence-corrected chi connectivity index (χ3v) is 5.10. The van der Waals surface area contributed by atoms with Crippen LogP contribution in [0.25, 0.3) is 0 Å². The summed E-state index contributed by atoms with van der Waals surface area (Å²) >= 11 is 3.38. The number of fused-ring (bicyclic) bond motifs is 2. The van der Waals surface area contributed by atoms with Gasteiger partial charge in [0.15, 0.2) is 5.41 Å². The Labute approximate surface area is 176 Å². The van der Waals surface area contributed by atoms with Crippen molar-refractivity contribution >= 4 is 39.5 Å². The molecular weight excluding hydrogens is 444 g/mol. The minimum absolute atomic E-state index is 0.0445. The first kappa shape index (κ1) is 20.9. The highest BCUT2D eigenvalue weighted by Crippen LogP contribution is 2.53. The number of carbonyl (C=O) groups is 3. The number of anilines is 1. The van der Waals surface area contributed by atoms with E-state index in [-0.39, 0.29) is 29.3 Å². The fourth-order valence-electron chi connectivity index (χ4n) is 3.62. The number of allylic oxidation sites excluding steroid dienone is 1. The molecule has 29 heavy (non-hydrogen) atoms. The van der Waals surface area contributed by atoms with Gasteiger partial charge in [-0.3, -0.25) is 0 Å². The lowest BCUT2D eigenvalue weighted by Gasteiger charge is -2.36. The molecule has 154 valence electrons. The molecule has 0 radical (unpaired) electrons. The zero-order chi connectivity index (χ0) is 21.5. The summed E-state index contributed by atoms with van der Waals surface area (Å²) in [6, 6.07) is 5.06. The number of nitrogens with one attached hydrogen (secondary N) is 1. The first-order valence-corrected chi connectivity index (χ1v) is 9.82. The van der Waals surface area contributed by atoms with E-state index in [0.29, 0.717) is 15.7 Å². The highest BCUT2D eigenvalue weighted by Gasteiger charge is 2.63. The van der Waals surface area contributed by atoms with E-state index in [9.17, 15) is 14.4 Å². The second kappa shape index (κ2) is 7.55. The lowest BCUT2D eigenvalue weighted by Crippen LogP contribution is -2.48. The Morgan fingerprint density at radius 1 is 1.28 bits per heavy atom. The average molecular weight is 465 g/mol. The molecule has 0 saturated carbocycles. The quantitative estimate of drug-likeness (QED) is 0.515. The molecule has 1 aromatic rings. The molecule has 1 atom stereocenters. The van der Waals surface area contributed by atoms with Gasteiger partial charge in [0, 0.05) is 15.7 Å². The van der Waals surface area contributed by atoms with E-state index in [1.165, 1.54) is 6.92 Å². The van der Waals surface area contributed by atoms with Gasteiger partial charge < -0.3 is 25.3 Å². The molecule has 3 rings (SSSR count). The molecule has 9 heteroatoms. The molecule has 0 aromatic heterocycles. The zero-order valence-electron chi connectivity index (χ0n) is 16.4. The van der Waals surface area contributed by atoms with Crippen molar-refractivity contribution < 1.29 is 28.6 Å². The predicted octanol–water partition coefficient (Wildman–Crippen LogP) is 2.63. The van der Waals surface area contributed by atoms with Crippen LogP contribution in [0.2, 0.25) is 0 Å². The van der Waals surface area contributed by atoms with Gasteiger partial charge in [0.2, 0.25) is 0 Å². The van der Waals surface area contributed by atoms with Crippen LogP contribution in [0.5, 0.6) is 0 Å². The number of benzene rings is 1. The van der Waals surface area contributed by atoms with Gasteiger partial charge in [0.1, 0.15) is 22.7 Å². The van der Waals surface area contributed by atoms with Crippen molar-refractivity contribution in [2.45, 2.75) is 39.2 Å². The molecule has 0 aliphatic carbocycles. The molecule has 0 bridgehead atoms. The Balaban J connectivity index is 2.39. The Bertz CT molecular complexity index is 981. The molecule has 2 heterocycles. The van der Waals surface area contributed by atoms with Crippen LogP contribution in [0.4, 0.5) is 5.69 Å². The molecule has 0 saturated heterocycles. The molecule has 8 nitrogen and oxygen atoms in total. The fourth-order valence-corrected chi connectivity index (χ4v) is 3.98. The molecule has 2 aliphatic heterocycles. The minimum Gasteiger partial charge on any atom is -0.462 e. The Hall–Kier alpha value is -2.81. The largest absolute Gasteiger partial charge is 0.462 e. The summed E-state index contributed by atoms with van der Waals surface area (Å²) < 4.78 is 16.5. The van der Waals surface area contributed by atoms with Gasteiger partial charge >= 0.3 is 17.9 Å². The van der Waals surface area contributed by atoms with Crippen LogP contribution in [-0.4, -0.2) is 30.6 Å². The summed E-state index contributed by atoms with van der Waals surface area (Å²) in [5, 5.41) is 2.92. The van der Waals surface area contributed by atoms with Crippen LogP contribution in [-0.2, 0) is 34.0 Å². The van der Waals surface area contributed by atoms with E-state index in [1.807, 2.05) is 0 Å². The van der Waals surface area contributed by atoms with Gasteiger partial charge in [-0.25, -0.2) is 14.4 Å². The fraction of sp³-hybridized carbons (Fsp3) is 0.350. The Morgan fingerprint density at radius 3 is 2.59 bits per heavy atom. The zero-order valence-corrected chi connectivity index (χ0v) is 18.0. The van der Waals surface area contributed by atoms with Gasteiger partial charge in [0.05, 0.1) is 12.7 Å². The number of hydrogen-bond donors (Lipinski definition) is 2. The number of cyclic esters (lactones) is 1. The maximum absolute atomic E-state index is 13.3. The van der Waals surface area contributed by atoms with Crippen LogP contribution in [0.1, 0.15) is 33.3 Å². The van der Waals surface area contributed by atoms with Crippen LogP contribution < -0.4 is 11.1 Å². The van der Waals surface area contributed by atoms with E-state index in [2.05, 4.69) is 21.2 Å². The maximum Gasteiger partial charge on any atom is 0.339 e. The highest BCUT2D eigenvalue weighted by atomic mass is 79.9.